The minimum atomic E-state index is -0.151. The molecule has 13 rings (SSSR count). The van der Waals surface area contributed by atoms with E-state index in [9.17, 15) is 0 Å². The molecule has 4 aliphatic rings. The second-order valence-electron chi connectivity index (χ2n) is 20.2. The van der Waals surface area contributed by atoms with Crippen molar-refractivity contribution in [3.05, 3.63) is 197 Å². The van der Waals surface area contributed by atoms with Gasteiger partial charge in [-0.3, -0.25) is 0 Å². The van der Waals surface area contributed by atoms with E-state index in [-0.39, 0.29) is 23.6 Å². The van der Waals surface area contributed by atoms with Gasteiger partial charge in [0.25, 0.3) is 0 Å². The number of hydrogen-bond acceptors (Lipinski definition) is 3. The Hall–Kier alpha value is -6.98. The lowest BCUT2D eigenvalue weighted by atomic mass is 9.31. The smallest absolute Gasteiger partial charge is 0.247 e. The van der Waals surface area contributed by atoms with Crippen LogP contribution in [-0.2, 0) is 10.8 Å². The van der Waals surface area contributed by atoms with E-state index in [1.54, 1.807) is 0 Å². The van der Waals surface area contributed by atoms with E-state index < -0.39 is 0 Å². The van der Waals surface area contributed by atoms with Crippen LogP contribution in [0.15, 0.2) is 173 Å². The highest BCUT2D eigenvalue weighted by Gasteiger charge is 2.50. The van der Waals surface area contributed by atoms with Gasteiger partial charge in [-0.1, -0.05) is 149 Å². The molecule has 1 unspecified atom stereocenters. The average molecular weight is 828 g/mol. The van der Waals surface area contributed by atoms with Gasteiger partial charge in [0.15, 0.2) is 0 Å². The van der Waals surface area contributed by atoms with Crippen molar-refractivity contribution >= 4 is 73.2 Å². The van der Waals surface area contributed by atoms with E-state index in [2.05, 4.69) is 221 Å². The van der Waals surface area contributed by atoms with Crippen LogP contribution in [0.5, 0.6) is 0 Å². The molecule has 0 saturated carbocycles. The van der Waals surface area contributed by atoms with Crippen LogP contribution in [0, 0.1) is 13.8 Å². The van der Waals surface area contributed by atoms with Gasteiger partial charge in [0, 0.05) is 62.1 Å². The number of fused-ring (bicyclic) bond motifs is 12. The standard InChI is InChI=1S/C59H50BN3O/c1-35-18-8-13-25-45(35)61(46-26-14-9-19-36(46)2)38-30-31-43-48(34-38)62(47-27-17-29-52-53(47)40-21-11-15-28-51(40)64-52)49-32-37(58(3,4)5)33-50-55(49)60(43)44-24-16-22-41-54-57(63(50)56(41)44)39-20-10-12-23-42(39)59(54,6)7/h8-33,48H,34H2,1-7H3. The topological polar surface area (TPSA) is 24.6 Å². The molecule has 0 spiro atoms. The van der Waals surface area contributed by atoms with E-state index in [4.69, 9.17) is 4.42 Å². The number of anilines is 4. The number of aryl methyl sites for hydroxylation is 2. The molecule has 5 heteroatoms. The molecule has 0 amide bonds. The van der Waals surface area contributed by atoms with Crippen molar-refractivity contribution in [2.75, 3.05) is 9.80 Å². The average Bonchev–Trinajstić information content (AvgIpc) is 3.93. The molecule has 0 fully saturated rings. The van der Waals surface area contributed by atoms with Gasteiger partial charge >= 0.3 is 0 Å². The summed E-state index contributed by atoms with van der Waals surface area (Å²) in [6, 6.07) is 54.3. The lowest BCUT2D eigenvalue weighted by molar-refractivity contribution is 0.589. The molecule has 1 atom stereocenters. The molecule has 2 aliphatic heterocycles. The third-order valence-corrected chi connectivity index (χ3v) is 15.1. The summed E-state index contributed by atoms with van der Waals surface area (Å²) in [5, 5.41) is 3.67. The molecule has 310 valence electrons. The molecule has 0 N–H and O–H groups in total. The molecule has 2 aromatic heterocycles. The number of aromatic nitrogens is 1. The third kappa shape index (κ3) is 4.96. The molecule has 4 nitrogen and oxygen atoms in total. The van der Waals surface area contributed by atoms with Crippen molar-refractivity contribution in [3.63, 3.8) is 0 Å². The first-order chi connectivity index (χ1) is 31.0. The molecule has 0 bridgehead atoms. The van der Waals surface area contributed by atoms with Gasteiger partial charge in [-0.05, 0) is 107 Å². The van der Waals surface area contributed by atoms with Gasteiger partial charge in [-0.15, -0.1) is 0 Å². The first kappa shape index (κ1) is 37.6. The van der Waals surface area contributed by atoms with Crippen LogP contribution in [0.4, 0.5) is 22.7 Å². The number of hydrogen-bond donors (Lipinski definition) is 0. The summed E-state index contributed by atoms with van der Waals surface area (Å²) >= 11 is 0. The Kier molecular flexibility index (Phi) is 7.66. The van der Waals surface area contributed by atoms with Crippen molar-refractivity contribution in [2.45, 2.75) is 71.8 Å². The van der Waals surface area contributed by atoms with E-state index in [1.807, 2.05) is 0 Å². The molecular weight excluding hydrogens is 777 g/mol. The fourth-order valence-electron chi connectivity index (χ4n) is 12.2. The maximum absolute atomic E-state index is 6.68. The van der Waals surface area contributed by atoms with E-state index in [0.29, 0.717) is 0 Å². The SMILES string of the molecule is Cc1ccccc1N(C1=CC=C2B3c4c(cc(C(C)(C)C)cc4-n4c5c(c6cccc3c64)C(C)(C)c3ccccc3-5)N(c3cccc4oc5ccccc5c34)C2C1)c1ccccc1C. The van der Waals surface area contributed by atoms with E-state index in [0.717, 1.165) is 28.4 Å². The monoisotopic (exact) mass is 827 g/mol. The Bertz CT molecular complexity index is 3510. The maximum Gasteiger partial charge on any atom is 0.247 e. The fourth-order valence-corrected chi connectivity index (χ4v) is 12.2. The second-order valence-corrected chi connectivity index (χ2v) is 20.2. The van der Waals surface area contributed by atoms with Gasteiger partial charge in [0.1, 0.15) is 11.2 Å². The number of rotatable bonds is 4. The van der Waals surface area contributed by atoms with Crippen LogP contribution in [0.2, 0.25) is 0 Å². The number of furan rings is 1. The molecule has 7 aromatic carbocycles. The van der Waals surface area contributed by atoms with Crippen LogP contribution in [0.25, 0.3) is 49.8 Å². The van der Waals surface area contributed by atoms with Crippen LogP contribution in [0.3, 0.4) is 0 Å². The Morgan fingerprint density at radius 2 is 1.33 bits per heavy atom. The summed E-state index contributed by atoms with van der Waals surface area (Å²) in [5.74, 6) is 0. The van der Waals surface area contributed by atoms with Crippen molar-refractivity contribution in [2.24, 2.45) is 0 Å². The summed E-state index contributed by atoms with van der Waals surface area (Å²) in [4.78, 5) is 5.27. The summed E-state index contributed by atoms with van der Waals surface area (Å²) in [6.07, 6.45) is 5.75. The molecule has 0 radical (unpaired) electrons. The predicted molar refractivity (Wildman–Crippen MR) is 269 cm³/mol. The Morgan fingerprint density at radius 3 is 2.09 bits per heavy atom. The number of allylic oxidation sites excluding steroid dienone is 2. The highest BCUT2D eigenvalue weighted by Crippen LogP contribution is 2.56. The highest BCUT2D eigenvalue weighted by molar-refractivity contribution is 6.95. The van der Waals surface area contributed by atoms with Gasteiger partial charge in [0.2, 0.25) is 6.71 Å². The molecule has 2 aliphatic carbocycles. The van der Waals surface area contributed by atoms with Crippen LogP contribution >= 0.6 is 0 Å². The largest absolute Gasteiger partial charge is 0.456 e. The third-order valence-electron chi connectivity index (χ3n) is 15.1. The molecule has 9 aromatic rings. The zero-order chi connectivity index (χ0) is 43.4. The van der Waals surface area contributed by atoms with Gasteiger partial charge < -0.3 is 18.8 Å². The first-order valence-electron chi connectivity index (χ1n) is 23.0. The lowest BCUT2D eigenvalue weighted by Crippen LogP contribution is -2.60. The van der Waals surface area contributed by atoms with Crippen molar-refractivity contribution < 1.29 is 4.42 Å². The zero-order valence-corrected chi connectivity index (χ0v) is 37.6. The van der Waals surface area contributed by atoms with Gasteiger partial charge in [-0.2, -0.15) is 0 Å². The summed E-state index contributed by atoms with van der Waals surface area (Å²) < 4.78 is 9.36. The zero-order valence-electron chi connectivity index (χ0n) is 37.6. The molecule has 0 saturated heterocycles. The fraction of sp³-hybridized carbons (Fsp3) is 0.186. The van der Waals surface area contributed by atoms with Crippen LogP contribution < -0.4 is 20.7 Å². The lowest BCUT2D eigenvalue weighted by Gasteiger charge is -2.49. The summed E-state index contributed by atoms with van der Waals surface area (Å²) in [5.41, 5.74) is 23.9. The minimum Gasteiger partial charge on any atom is -0.456 e. The number of benzene rings is 7. The number of para-hydroxylation sites is 4. The van der Waals surface area contributed by atoms with Crippen molar-refractivity contribution in [1.29, 1.82) is 0 Å². The molecular formula is C59H50BN3O. The Balaban J connectivity index is 1.16. The normalized spacial score (nSPS) is 16.7. The Labute approximate surface area is 375 Å². The molecule has 64 heavy (non-hydrogen) atoms. The Morgan fingerprint density at radius 1 is 0.672 bits per heavy atom. The highest BCUT2D eigenvalue weighted by atomic mass is 16.3. The van der Waals surface area contributed by atoms with Gasteiger partial charge in [-0.25, -0.2) is 0 Å². The summed E-state index contributed by atoms with van der Waals surface area (Å²) in [7, 11) is 0. The van der Waals surface area contributed by atoms with Crippen LogP contribution in [0.1, 0.15) is 68.9 Å². The second kappa shape index (κ2) is 13.0. The van der Waals surface area contributed by atoms with Gasteiger partial charge in [0.05, 0.1) is 22.8 Å². The van der Waals surface area contributed by atoms with Crippen LogP contribution in [-0.4, -0.2) is 17.3 Å². The van der Waals surface area contributed by atoms with Crippen molar-refractivity contribution in [3.8, 4) is 16.9 Å². The quantitative estimate of drug-likeness (QED) is 0.165. The summed E-state index contributed by atoms with van der Waals surface area (Å²) in [6.45, 7) is 16.5. The predicted octanol–water partition coefficient (Wildman–Crippen LogP) is 13.8. The van der Waals surface area contributed by atoms with Crippen molar-refractivity contribution in [1.82, 2.24) is 4.57 Å². The minimum absolute atomic E-state index is 0.00357. The van der Waals surface area contributed by atoms with E-state index in [1.165, 1.54) is 101 Å². The van der Waals surface area contributed by atoms with E-state index >= 15 is 0 Å². The first-order valence-corrected chi connectivity index (χ1v) is 23.0. The number of nitrogens with zero attached hydrogens (tertiary/aromatic N) is 3. The maximum atomic E-state index is 6.68. The molecule has 4 heterocycles.